The Hall–Kier alpha value is -1.23. The molecule has 92 valence electrons. The first kappa shape index (κ1) is 14.8. The standard InChI is InChI=1S/C9H10F3NO.C2H6/c1-8(14,9(10,11)12)6-4-2-3-5-7(6)13;1-2/h2-5,14H,13H2,1H3;1-2H3. The van der Waals surface area contributed by atoms with E-state index in [1.54, 1.807) is 0 Å². The predicted octanol–water partition coefficient (Wildman–Crippen LogP) is 3.06. The third-order valence-corrected chi connectivity index (χ3v) is 2.04. The van der Waals surface area contributed by atoms with E-state index in [9.17, 15) is 18.3 Å². The number of anilines is 1. The third-order valence-electron chi connectivity index (χ3n) is 2.04. The van der Waals surface area contributed by atoms with Crippen molar-refractivity contribution in [2.75, 3.05) is 5.73 Å². The van der Waals surface area contributed by atoms with E-state index in [0.717, 1.165) is 6.07 Å². The Morgan fingerprint density at radius 3 is 1.94 bits per heavy atom. The summed E-state index contributed by atoms with van der Waals surface area (Å²) in [5.41, 5.74) is 2.04. The minimum atomic E-state index is -4.73. The van der Waals surface area contributed by atoms with Gasteiger partial charge in [0.2, 0.25) is 0 Å². The molecule has 0 spiro atoms. The summed E-state index contributed by atoms with van der Waals surface area (Å²) in [6, 6.07) is 5.37. The first-order valence-corrected chi connectivity index (χ1v) is 4.91. The number of para-hydroxylation sites is 1. The Morgan fingerprint density at radius 1 is 1.12 bits per heavy atom. The molecule has 0 saturated carbocycles. The lowest BCUT2D eigenvalue weighted by Crippen LogP contribution is -2.39. The largest absolute Gasteiger partial charge is 0.421 e. The molecule has 2 nitrogen and oxygen atoms in total. The number of hydrogen-bond acceptors (Lipinski definition) is 2. The van der Waals surface area contributed by atoms with E-state index in [-0.39, 0.29) is 11.3 Å². The number of alkyl halides is 3. The number of hydrogen-bond donors (Lipinski definition) is 2. The van der Waals surface area contributed by atoms with Crippen LogP contribution in [0.2, 0.25) is 0 Å². The van der Waals surface area contributed by atoms with Gasteiger partial charge in [0.1, 0.15) is 0 Å². The van der Waals surface area contributed by atoms with E-state index in [1.165, 1.54) is 18.2 Å². The number of rotatable bonds is 1. The van der Waals surface area contributed by atoms with Crippen molar-refractivity contribution < 1.29 is 18.3 Å². The fourth-order valence-electron chi connectivity index (χ4n) is 1.09. The normalized spacial score (nSPS) is 14.7. The molecule has 0 heterocycles. The average molecular weight is 235 g/mol. The van der Waals surface area contributed by atoms with Crippen molar-refractivity contribution >= 4 is 5.69 Å². The van der Waals surface area contributed by atoms with Gasteiger partial charge in [-0.3, -0.25) is 0 Å². The van der Waals surface area contributed by atoms with Gasteiger partial charge in [0.15, 0.2) is 5.60 Å². The molecule has 1 rings (SSSR count). The third kappa shape index (κ3) is 2.88. The van der Waals surface area contributed by atoms with Crippen LogP contribution in [0.5, 0.6) is 0 Å². The van der Waals surface area contributed by atoms with Crippen LogP contribution >= 0.6 is 0 Å². The van der Waals surface area contributed by atoms with Gasteiger partial charge in [-0.1, -0.05) is 32.0 Å². The average Bonchev–Trinajstić information content (AvgIpc) is 2.19. The van der Waals surface area contributed by atoms with Crippen molar-refractivity contribution in [2.24, 2.45) is 0 Å². The van der Waals surface area contributed by atoms with Gasteiger partial charge >= 0.3 is 6.18 Å². The summed E-state index contributed by atoms with van der Waals surface area (Å²) in [5.74, 6) is 0. The zero-order valence-electron chi connectivity index (χ0n) is 9.47. The molecule has 0 saturated heterocycles. The number of aliphatic hydroxyl groups is 1. The highest BCUT2D eigenvalue weighted by molar-refractivity contribution is 5.49. The molecule has 3 N–H and O–H groups in total. The number of benzene rings is 1. The molecule has 0 fully saturated rings. The highest BCUT2D eigenvalue weighted by Gasteiger charge is 2.51. The van der Waals surface area contributed by atoms with E-state index >= 15 is 0 Å². The van der Waals surface area contributed by atoms with Crippen LogP contribution in [0.15, 0.2) is 24.3 Å². The van der Waals surface area contributed by atoms with Crippen LogP contribution < -0.4 is 5.73 Å². The molecule has 0 aliphatic heterocycles. The van der Waals surface area contributed by atoms with Crippen molar-refractivity contribution in [2.45, 2.75) is 32.5 Å². The van der Waals surface area contributed by atoms with Crippen molar-refractivity contribution in [1.82, 2.24) is 0 Å². The monoisotopic (exact) mass is 235 g/mol. The Morgan fingerprint density at radius 2 is 1.56 bits per heavy atom. The summed E-state index contributed by atoms with van der Waals surface area (Å²) < 4.78 is 37.2. The fourth-order valence-corrected chi connectivity index (χ4v) is 1.09. The smallest absolute Gasteiger partial charge is 0.398 e. The second-order valence-electron chi connectivity index (χ2n) is 3.16. The SMILES string of the molecule is CC.CC(O)(c1ccccc1N)C(F)(F)F. The fraction of sp³-hybridized carbons (Fsp3) is 0.455. The maximum absolute atomic E-state index is 12.4. The van der Waals surface area contributed by atoms with Gasteiger partial charge in [0.25, 0.3) is 0 Å². The molecule has 0 amide bonds. The first-order chi connectivity index (χ1) is 7.27. The van der Waals surface area contributed by atoms with Crippen LogP contribution in [0, 0.1) is 0 Å². The molecular weight excluding hydrogens is 219 g/mol. The van der Waals surface area contributed by atoms with E-state index in [4.69, 9.17) is 5.73 Å². The lowest BCUT2D eigenvalue weighted by atomic mass is 9.94. The maximum Gasteiger partial charge on any atom is 0.421 e. The number of nitrogen functional groups attached to an aromatic ring is 1. The highest BCUT2D eigenvalue weighted by Crippen LogP contribution is 2.40. The molecule has 1 aromatic carbocycles. The molecule has 1 unspecified atom stereocenters. The second-order valence-corrected chi connectivity index (χ2v) is 3.16. The summed E-state index contributed by atoms with van der Waals surface area (Å²) in [4.78, 5) is 0. The van der Waals surface area contributed by atoms with E-state index in [1.807, 2.05) is 13.8 Å². The van der Waals surface area contributed by atoms with Gasteiger partial charge in [0, 0.05) is 11.3 Å². The van der Waals surface area contributed by atoms with Crippen LogP contribution in [0.4, 0.5) is 18.9 Å². The second kappa shape index (κ2) is 5.21. The molecule has 16 heavy (non-hydrogen) atoms. The summed E-state index contributed by atoms with van der Waals surface area (Å²) in [6.07, 6.45) is -4.73. The van der Waals surface area contributed by atoms with Crippen LogP contribution in [-0.2, 0) is 5.60 Å². The molecule has 0 aromatic heterocycles. The summed E-state index contributed by atoms with van der Waals surface area (Å²) in [5, 5.41) is 9.30. The topological polar surface area (TPSA) is 46.2 Å². The Balaban J connectivity index is 0.00000106. The molecule has 1 aromatic rings. The van der Waals surface area contributed by atoms with Crippen LogP contribution in [0.25, 0.3) is 0 Å². The Kier molecular flexibility index (Phi) is 4.81. The van der Waals surface area contributed by atoms with E-state index in [0.29, 0.717) is 6.92 Å². The quantitative estimate of drug-likeness (QED) is 0.735. The number of halogens is 3. The van der Waals surface area contributed by atoms with Crippen LogP contribution in [-0.4, -0.2) is 11.3 Å². The predicted molar refractivity (Wildman–Crippen MR) is 57.8 cm³/mol. The number of nitrogens with two attached hydrogens (primary N) is 1. The molecule has 0 aliphatic rings. The van der Waals surface area contributed by atoms with E-state index in [2.05, 4.69) is 0 Å². The molecular formula is C11H16F3NO. The summed E-state index contributed by atoms with van der Waals surface area (Å²) in [7, 11) is 0. The minimum absolute atomic E-state index is 0.0742. The molecule has 1 atom stereocenters. The highest BCUT2D eigenvalue weighted by atomic mass is 19.4. The van der Waals surface area contributed by atoms with Gasteiger partial charge < -0.3 is 10.8 Å². The molecule has 5 heteroatoms. The molecule has 0 radical (unpaired) electrons. The van der Waals surface area contributed by atoms with Crippen LogP contribution in [0.1, 0.15) is 26.3 Å². The Labute approximate surface area is 92.9 Å². The molecule has 0 bridgehead atoms. The van der Waals surface area contributed by atoms with Crippen molar-refractivity contribution in [1.29, 1.82) is 0 Å². The lowest BCUT2D eigenvalue weighted by Gasteiger charge is -2.27. The van der Waals surface area contributed by atoms with E-state index < -0.39 is 11.8 Å². The minimum Gasteiger partial charge on any atom is -0.398 e. The first-order valence-electron chi connectivity index (χ1n) is 4.91. The Bertz CT molecular complexity index is 334. The zero-order chi connectivity index (χ0) is 13.0. The van der Waals surface area contributed by atoms with Gasteiger partial charge in [0.05, 0.1) is 0 Å². The van der Waals surface area contributed by atoms with Crippen molar-refractivity contribution in [3.63, 3.8) is 0 Å². The van der Waals surface area contributed by atoms with Crippen molar-refractivity contribution in [3.05, 3.63) is 29.8 Å². The molecule has 0 aliphatic carbocycles. The maximum atomic E-state index is 12.4. The van der Waals surface area contributed by atoms with Gasteiger partial charge in [-0.15, -0.1) is 0 Å². The zero-order valence-corrected chi connectivity index (χ0v) is 9.47. The summed E-state index contributed by atoms with van der Waals surface area (Å²) >= 11 is 0. The van der Waals surface area contributed by atoms with Gasteiger partial charge in [-0.05, 0) is 13.0 Å². The van der Waals surface area contributed by atoms with Gasteiger partial charge in [-0.2, -0.15) is 13.2 Å². The summed E-state index contributed by atoms with van der Waals surface area (Å²) in [6.45, 7) is 4.68. The van der Waals surface area contributed by atoms with Gasteiger partial charge in [-0.25, -0.2) is 0 Å². The lowest BCUT2D eigenvalue weighted by molar-refractivity contribution is -0.258. The van der Waals surface area contributed by atoms with Crippen molar-refractivity contribution in [3.8, 4) is 0 Å². The van der Waals surface area contributed by atoms with Crippen LogP contribution in [0.3, 0.4) is 0 Å².